The average Bonchev–Trinajstić information content (AvgIpc) is 2.54. The number of hydrogen-bond donors (Lipinski definition) is 0. The molecule has 1 aliphatic carbocycles. The minimum atomic E-state index is -0.0465. The largest absolute Gasteiger partial charge is 0.328 e. The number of aryl methyl sites for hydroxylation is 3. The van der Waals surface area contributed by atoms with Gasteiger partial charge in [-0.05, 0) is 30.5 Å². The fourth-order valence-electron chi connectivity index (χ4n) is 2.63. The molecule has 0 saturated heterocycles. The van der Waals surface area contributed by atoms with Gasteiger partial charge in [-0.1, -0.05) is 0 Å². The highest BCUT2D eigenvalue weighted by atomic mass is 16.1. The van der Waals surface area contributed by atoms with Crippen LogP contribution in [-0.2, 0) is 20.5 Å². The molecule has 4 nitrogen and oxygen atoms in total. The minimum Gasteiger partial charge on any atom is -0.295 e. The topological polar surface area (TPSA) is 44.0 Å². The van der Waals surface area contributed by atoms with E-state index in [9.17, 15) is 9.59 Å². The molecule has 1 heterocycles. The molecule has 0 N–H and O–H groups in total. The van der Waals surface area contributed by atoms with Crippen molar-refractivity contribution < 1.29 is 4.79 Å². The Morgan fingerprint density at radius 3 is 2.35 bits per heavy atom. The first kappa shape index (κ1) is 10.3. The van der Waals surface area contributed by atoms with Gasteiger partial charge in [-0.3, -0.25) is 13.9 Å². The van der Waals surface area contributed by atoms with Crippen LogP contribution in [0.1, 0.15) is 28.8 Å². The summed E-state index contributed by atoms with van der Waals surface area (Å²) in [7, 11) is 3.51. The highest BCUT2D eigenvalue weighted by Gasteiger charge is 2.20. The fourth-order valence-corrected chi connectivity index (χ4v) is 2.63. The molecule has 1 aliphatic rings. The van der Waals surface area contributed by atoms with Crippen LogP contribution in [0.25, 0.3) is 11.0 Å². The maximum absolute atomic E-state index is 11.8. The van der Waals surface area contributed by atoms with E-state index in [0.717, 1.165) is 35.0 Å². The Labute approximate surface area is 98.5 Å². The number of aromatic nitrogens is 2. The van der Waals surface area contributed by atoms with Crippen LogP contribution in [-0.4, -0.2) is 14.9 Å². The third kappa shape index (κ3) is 1.30. The Morgan fingerprint density at radius 2 is 1.65 bits per heavy atom. The van der Waals surface area contributed by atoms with Crippen molar-refractivity contribution in [2.45, 2.75) is 19.3 Å². The van der Waals surface area contributed by atoms with E-state index in [1.807, 2.05) is 12.1 Å². The van der Waals surface area contributed by atoms with E-state index < -0.39 is 0 Å². The number of fused-ring (bicyclic) bond motifs is 2. The number of nitrogens with zero attached hydrogens (tertiary/aromatic N) is 2. The zero-order valence-electron chi connectivity index (χ0n) is 9.99. The van der Waals surface area contributed by atoms with E-state index in [1.54, 1.807) is 23.2 Å². The summed E-state index contributed by atoms with van der Waals surface area (Å²) in [4.78, 5) is 23.7. The lowest BCUT2D eigenvalue weighted by atomic mass is 9.90. The lowest BCUT2D eigenvalue weighted by Gasteiger charge is -2.14. The molecular weight excluding hydrogens is 216 g/mol. The normalized spacial score (nSPS) is 15.3. The molecule has 0 fully saturated rings. The van der Waals surface area contributed by atoms with Crippen LogP contribution in [0.3, 0.4) is 0 Å². The molecule has 0 spiro atoms. The van der Waals surface area contributed by atoms with Crippen molar-refractivity contribution in [3.63, 3.8) is 0 Å². The van der Waals surface area contributed by atoms with Crippen LogP contribution in [0.5, 0.6) is 0 Å². The van der Waals surface area contributed by atoms with E-state index >= 15 is 0 Å². The second-order valence-corrected chi connectivity index (χ2v) is 4.68. The molecule has 17 heavy (non-hydrogen) atoms. The zero-order chi connectivity index (χ0) is 12.2. The second-order valence-electron chi connectivity index (χ2n) is 4.68. The number of carbonyl (C=O) groups excluding carboxylic acids is 1. The number of hydrogen-bond acceptors (Lipinski definition) is 2. The maximum atomic E-state index is 11.8. The van der Waals surface area contributed by atoms with Gasteiger partial charge < -0.3 is 0 Å². The van der Waals surface area contributed by atoms with Crippen molar-refractivity contribution in [3.05, 3.63) is 33.7 Å². The number of rotatable bonds is 0. The summed E-state index contributed by atoms with van der Waals surface area (Å²) in [5, 5.41) is 0. The molecule has 0 radical (unpaired) electrons. The van der Waals surface area contributed by atoms with Gasteiger partial charge in [0.1, 0.15) is 0 Å². The molecule has 0 saturated carbocycles. The molecule has 0 aliphatic heterocycles. The smallest absolute Gasteiger partial charge is 0.295 e. The van der Waals surface area contributed by atoms with Crippen molar-refractivity contribution >= 4 is 16.8 Å². The summed E-state index contributed by atoms with van der Waals surface area (Å²) in [6.45, 7) is 0. The van der Waals surface area contributed by atoms with Gasteiger partial charge in [0.25, 0.3) is 0 Å². The Hall–Kier alpha value is -1.84. The van der Waals surface area contributed by atoms with Crippen LogP contribution in [0, 0.1) is 0 Å². The van der Waals surface area contributed by atoms with Crippen molar-refractivity contribution in [1.29, 1.82) is 0 Å². The SMILES string of the molecule is Cn1c(=O)n(C)c2cc3c(cc21)CCCC3=O. The minimum absolute atomic E-state index is 0.0465. The van der Waals surface area contributed by atoms with E-state index in [4.69, 9.17) is 0 Å². The molecule has 0 bridgehead atoms. The van der Waals surface area contributed by atoms with E-state index in [0.29, 0.717) is 6.42 Å². The Bertz CT molecular complexity index is 691. The monoisotopic (exact) mass is 230 g/mol. The average molecular weight is 230 g/mol. The van der Waals surface area contributed by atoms with E-state index in [1.165, 1.54) is 0 Å². The van der Waals surface area contributed by atoms with Crippen LogP contribution < -0.4 is 5.69 Å². The molecule has 2 aromatic rings. The van der Waals surface area contributed by atoms with Gasteiger partial charge in [0.2, 0.25) is 0 Å². The first-order chi connectivity index (χ1) is 8.09. The molecule has 88 valence electrons. The summed E-state index contributed by atoms with van der Waals surface area (Å²) in [5.41, 5.74) is 3.58. The summed E-state index contributed by atoms with van der Waals surface area (Å²) in [6.07, 6.45) is 2.47. The molecule has 1 aromatic heterocycles. The lowest BCUT2D eigenvalue weighted by molar-refractivity contribution is 0.0972. The van der Waals surface area contributed by atoms with Crippen molar-refractivity contribution in [2.75, 3.05) is 0 Å². The number of Topliss-reactive ketones (excluding diaryl/α,β-unsaturated/α-hetero) is 1. The van der Waals surface area contributed by atoms with Gasteiger partial charge in [0.05, 0.1) is 11.0 Å². The number of ketones is 1. The van der Waals surface area contributed by atoms with Gasteiger partial charge >= 0.3 is 5.69 Å². The summed E-state index contributed by atoms with van der Waals surface area (Å²) < 4.78 is 3.23. The first-order valence-corrected chi connectivity index (χ1v) is 5.81. The lowest BCUT2D eigenvalue weighted by Crippen LogP contribution is -2.19. The Balaban J connectivity index is 2.43. The second kappa shape index (κ2) is 3.32. The molecule has 0 amide bonds. The standard InChI is InChI=1S/C13H14N2O2/c1-14-10-6-8-4-3-5-12(16)9(8)7-11(10)15(2)13(14)17/h6-7H,3-5H2,1-2H3. The molecule has 1 aromatic carbocycles. The molecule has 4 heteroatoms. The van der Waals surface area contributed by atoms with Crippen LogP contribution in [0.4, 0.5) is 0 Å². The van der Waals surface area contributed by atoms with Gasteiger partial charge in [-0.25, -0.2) is 4.79 Å². The number of carbonyl (C=O) groups is 1. The first-order valence-electron chi connectivity index (χ1n) is 5.81. The van der Waals surface area contributed by atoms with Crippen molar-refractivity contribution in [2.24, 2.45) is 14.1 Å². The van der Waals surface area contributed by atoms with Crippen LogP contribution >= 0.6 is 0 Å². The van der Waals surface area contributed by atoms with Crippen LogP contribution in [0.15, 0.2) is 16.9 Å². The molecular formula is C13H14N2O2. The number of imidazole rings is 1. The summed E-state index contributed by atoms with van der Waals surface area (Å²) in [6, 6.07) is 3.86. The highest BCUT2D eigenvalue weighted by Crippen LogP contribution is 2.25. The molecule has 3 rings (SSSR count). The third-order valence-corrected chi connectivity index (χ3v) is 3.65. The maximum Gasteiger partial charge on any atom is 0.328 e. The third-order valence-electron chi connectivity index (χ3n) is 3.65. The predicted molar refractivity (Wildman–Crippen MR) is 65.4 cm³/mol. The summed E-state index contributed by atoms with van der Waals surface area (Å²) >= 11 is 0. The van der Waals surface area contributed by atoms with Crippen molar-refractivity contribution in [1.82, 2.24) is 9.13 Å². The fraction of sp³-hybridized carbons (Fsp3) is 0.385. The highest BCUT2D eigenvalue weighted by molar-refractivity contribution is 6.01. The van der Waals surface area contributed by atoms with Gasteiger partial charge in [0.15, 0.2) is 5.78 Å². The van der Waals surface area contributed by atoms with E-state index in [-0.39, 0.29) is 11.5 Å². The summed E-state index contributed by atoms with van der Waals surface area (Å²) in [5.74, 6) is 0.199. The molecule has 0 unspecified atom stereocenters. The predicted octanol–water partition coefficient (Wildman–Crippen LogP) is 1.40. The van der Waals surface area contributed by atoms with E-state index in [2.05, 4.69) is 0 Å². The molecule has 0 atom stereocenters. The quantitative estimate of drug-likeness (QED) is 0.686. The van der Waals surface area contributed by atoms with Gasteiger partial charge in [-0.2, -0.15) is 0 Å². The Kier molecular flexibility index (Phi) is 2.02. The number of benzene rings is 1. The van der Waals surface area contributed by atoms with Crippen LogP contribution in [0.2, 0.25) is 0 Å². The van der Waals surface area contributed by atoms with Gasteiger partial charge in [0, 0.05) is 26.1 Å². The van der Waals surface area contributed by atoms with Crippen molar-refractivity contribution in [3.8, 4) is 0 Å². The zero-order valence-corrected chi connectivity index (χ0v) is 9.99. The van der Waals surface area contributed by atoms with Gasteiger partial charge in [-0.15, -0.1) is 0 Å². The Morgan fingerprint density at radius 1 is 1.00 bits per heavy atom.